The third-order valence-corrected chi connectivity index (χ3v) is 2.47. The van der Waals surface area contributed by atoms with Crippen molar-refractivity contribution >= 4 is 0 Å². The highest BCUT2D eigenvalue weighted by molar-refractivity contribution is 5.50. The van der Waals surface area contributed by atoms with Crippen molar-refractivity contribution in [3.63, 3.8) is 0 Å². The first kappa shape index (κ1) is 14.4. The molecule has 0 fully saturated rings. The van der Waals surface area contributed by atoms with Crippen LogP contribution in [0.15, 0.2) is 6.07 Å². The van der Waals surface area contributed by atoms with Gasteiger partial charge in [-0.05, 0) is 13.0 Å². The molecule has 0 radical (unpaired) electrons. The zero-order valence-corrected chi connectivity index (χ0v) is 12.4. The molecule has 1 N–H and O–H groups in total. The van der Waals surface area contributed by atoms with Gasteiger partial charge in [0.2, 0.25) is 0 Å². The van der Waals surface area contributed by atoms with Crippen LogP contribution in [0.4, 0.5) is 0 Å². The van der Waals surface area contributed by atoms with Gasteiger partial charge in [0.15, 0.2) is 5.82 Å². The molecular formula is C13H25N5. The molecule has 0 saturated carbocycles. The maximum atomic E-state index is 4.49. The number of hydrogen-bond donors (Lipinski definition) is 1. The van der Waals surface area contributed by atoms with Gasteiger partial charge in [-0.2, -0.15) is 10.2 Å². The van der Waals surface area contributed by atoms with Crippen LogP contribution < -0.4 is 0 Å². The van der Waals surface area contributed by atoms with Gasteiger partial charge in [-0.1, -0.05) is 34.6 Å². The molecule has 2 aromatic heterocycles. The Morgan fingerprint density at radius 2 is 1.89 bits per heavy atom. The Hall–Kier alpha value is -1.65. The summed E-state index contributed by atoms with van der Waals surface area (Å²) >= 11 is 0. The van der Waals surface area contributed by atoms with Crippen molar-refractivity contribution in [1.29, 1.82) is 0 Å². The van der Waals surface area contributed by atoms with Gasteiger partial charge in [0, 0.05) is 13.9 Å². The van der Waals surface area contributed by atoms with E-state index in [1.54, 1.807) is 0 Å². The van der Waals surface area contributed by atoms with Crippen molar-refractivity contribution in [2.24, 2.45) is 7.05 Å². The number of hydrogen-bond acceptors (Lipinski definition) is 3. The molecule has 5 heteroatoms. The number of H-pyrrole nitrogens is 1. The zero-order valence-electron chi connectivity index (χ0n) is 12.4. The van der Waals surface area contributed by atoms with Crippen LogP contribution in [-0.2, 0) is 12.5 Å². The summed E-state index contributed by atoms with van der Waals surface area (Å²) in [6.45, 7) is 12.3. The van der Waals surface area contributed by atoms with Crippen LogP contribution in [0.25, 0.3) is 11.5 Å². The molecule has 0 saturated heterocycles. The van der Waals surface area contributed by atoms with Gasteiger partial charge in [-0.3, -0.25) is 9.78 Å². The zero-order chi connectivity index (χ0) is 13.9. The first-order valence-corrected chi connectivity index (χ1v) is 6.32. The summed E-state index contributed by atoms with van der Waals surface area (Å²) in [5.74, 6) is 1.51. The minimum atomic E-state index is 0. The lowest BCUT2D eigenvalue weighted by Gasteiger charge is -2.13. The highest BCUT2D eigenvalue weighted by Gasteiger charge is 2.20. The lowest BCUT2D eigenvalue weighted by atomic mass is 9.92. The molecule has 0 bridgehead atoms. The van der Waals surface area contributed by atoms with E-state index in [1.165, 1.54) is 0 Å². The molecule has 0 spiro atoms. The first-order chi connectivity index (χ1) is 8.38. The van der Waals surface area contributed by atoms with Gasteiger partial charge < -0.3 is 0 Å². The number of rotatable bonds is 1. The Morgan fingerprint density at radius 1 is 1.28 bits per heavy atom. The van der Waals surface area contributed by atoms with E-state index in [0.29, 0.717) is 5.82 Å². The average Bonchev–Trinajstić information content (AvgIpc) is 2.86. The minimum Gasteiger partial charge on any atom is -0.264 e. The van der Waals surface area contributed by atoms with Crippen molar-refractivity contribution in [2.45, 2.75) is 47.0 Å². The predicted molar refractivity (Wildman–Crippen MR) is 75.5 cm³/mol. The Labute approximate surface area is 110 Å². The Balaban J connectivity index is 0.00000103. The quantitative estimate of drug-likeness (QED) is 0.847. The lowest BCUT2D eigenvalue weighted by Crippen LogP contribution is -2.12. The summed E-state index contributed by atoms with van der Waals surface area (Å²) in [5, 5.41) is 11.5. The second-order valence-corrected chi connectivity index (χ2v) is 5.03. The highest BCUT2D eigenvalue weighted by atomic mass is 15.3. The SMILES string of the molecule is CC.Cc1nc(-c2cc(C(C)(C)C)nn2C)n[nH]1.[HH]. The normalized spacial score (nSPS) is 11.1. The molecule has 0 atom stereocenters. The van der Waals surface area contributed by atoms with Crippen molar-refractivity contribution in [3.8, 4) is 11.5 Å². The number of aryl methyl sites for hydroxylation is 2. The van der Waals surface area contributed by atoms with Gasteiger partial charge in [0.05, 0.1) is 5.69 Å². The van der Waals surface area contributed by atoms with E-state index in [9.17, 15) is 0 Å². The van der Waals surface area contributed by atoms with Gasteiger partial charge in [-0.15, -0.1) is 0 Å². The second kappa shape index (κ2) is 5.33. The third kappa shape index (κ3) is 2.97. The predicted octanol–water partition coefficient (Wildman–Crippen LogP) is 3.08. The van der Waals surface area contributed by atoms with Crippen molar-refractivity contribution in [2.75, 3.05) is 0 Å². The molecule has 0 aliphatic heterocycles. The third-order valence-electron chi connectivity index (χ3n) is 2.47. The monoisotopic (exact) mass is 251 g/mol. The van der Waals surface area contributed by atoms with E-state index in [-0.39, 0.29) is 6.84 Å². The van der Waals surface area contributed by atoms with E-state index in [4.69, 9.17) is 0 Å². The van der Waals surface area contributed by atoms with Gasteiger partial charge in [-0.25, -0.2) is 4.98 Å². The van der Waals surface area contributed by atoms with E-state index < -0.39 is 0 Å². The van der Waals surface area contributed by atoms with E-state index in [0.717, 1.165) is 17.2 Å². The molecule has 0 unspecified atom stereocenters. The van der Waals surface area contributed by atoms with Crippen molar-refractivity contribution in [3.05, 3.63) is 17.6 Å². The number of aromatic nitrogens is 5. The highest BCUT2D eigenvalue weighted by Crippen LogP contribution is 2.24. The molecule has 18 heavy (non-hydrogen) atoms. The van der Waals surface area contributed by atoms with E-state index in [2.05, 4.69) is 41.1 Å². The van der Waals surface area contributed by atoms with Crippen LogP contribution in [0.2, 0.25) is 0 Å². The molecular weight excluding hydrogens is 226 g/mol. The van der Waals surface area contributed by atoms with E-state index >= 15 is 0 Å². The van der Waals surface area contributed by atoms with Crippen LogP contribution in [0.1, 0.15) is 47.6 Å². The average molecular weight is 251 g/mol. The van der Waals surface area contributed by atoms with Crippen LogP contribution >= 0.6 is 0 Å². The van der Waals surface area contributed by atoms with Crippen LogP contribution in [0, 0.1) is 6.92 Å². The first-order valence-electron chi connectivity index (χ1n) is 6.32. The largest absolute Gasteiger partial charge is 0.264 e. The smallest absolute Gasteiger partial charge is 0.199 e. The van der Waals surface area contributed by atoms with Gasteiger partial charge in [0.1, 0.15) is 11.5 Å². The minimum absolute atomic E-state index is 0. The molecule has 5 nitrogen and oxygen atoms in total. The van der Waals surface area contributed by atoms with Gasteiger partial charge >= 0.3 is 0 Å². The standard InChI is InChI=1S/C11H17N5.C2H6.H2/c1-7-12-10(14-13-7)8-6-9(11(2,3)4)15-16(8)5;1-2;/h6H,1-5H3,(H,12,13,14);1-2H3;1H. The Morgan fingerprint density at radius 3 is 2.28 bits per heavy atom. The summed E-state index contributed by atoms with van der Waals surface area (Å²) in [4.78, 5) is 4.31. The summed E-state index contributed by atoms with van der Waals surface area (Å²) in [5.41, 5.74) is 2.03. The van der Waals surface area contributed by atoms with Crippen molar-refractivity contribution < 1.29 is 1.43 Å². The molecule has 0 aromatic carbocycles. The summed E-state index contributed by atoms with van der Waals surface area (Å²) < 4.78 is 1.82. The molecule has 0 amide bonds. The van der Waals surface area contributed by atoms with Crippen molar-refractivity contribution in [1.82, 2.24) is 25.0 Å². The fourth-order valence-corrected chi connectivity index (χ4v) is 1.50. The number of nitrogens with one attached hydrogen (secondary N) is 1. The molecule has 2 aromatic rings. The lowest BCUT2D eigenvalue weighted by molar-refractivity contribution is 0.553. The fraction of sp³-hybridized carbons (Fsp3) is 0.615. The number of aromatic amines is 1. The fourth-order valence-electron chi connectivity index (χ4n) is 1.50. The second-order valence-electron chi connectivity index (χ2n) is 5.03. The molecule has 2 rings (SSSR count). The van der Waals surface area contributed by atoms with E-state index in [1.807, 2.05) is 38.6 Å². The number of nitrogens with zero attached hydrogens (tertiary/aromatic N) is 4. The molecule has 2 heterocycles. The Kier molecular flexibility index (Phi) is 4.27. The Bertz CT molecular complexity index is 507. The summed E-state index contributed by atoms with van der Waals surface area (Å²) in [6.07, 6.45) is 0. The maximum absolute atomic E-state index is 4.49. The topological polar surface area (TPSA) is 59.4 Å². The van der Waals surface area contributed by atoms with Crippen LogP contribution in [0.3, 0.4) is 0 Å². The van der Waals surface area contributed by atoms with Gasteiger partial charge in [0.25, 0.3) is 0 Å². The molecule has 0 aliphatic rings. The molecule has 0 aliphatic carbocycles. The summed E-state index contributed by atoms with van der Waals surface area (Å²) in [6, 6.07) is 2.04. The van der Waals surface area contributed by atoms with Crippen LogP contribution in [-0.4, -0.2) is 25.0 Å². The summed E-state index contributed by atoms with van der Waals surface area (Å²) in [7, 11) is 1.91. The van der Waals surface area contributed by atoms with Crippen LogP contribution in [0.5, 0.6) is 0 Å². The maximum Gasteiger partial charge on any atom is 0.199 e. The molecule has 102 valence electrons.